The molecule has 1 aliphatic heterocycles. The number of fused-ring (bicyclic) bond motifs is 1. The van der Waals surface area contributed by atoms with Gasteiger partial charge >= 0.3 is 12.1 Å². The van der Waals surface area contributed by atoms with Gasteiger partial charge < -0.3 is 9.47 Å². The molecule has 19 heavy (non-hydrogen) atoms. The van der Waals surface area contributed by atoms with E-state index in [1.807, 2.05) is 20.8 Å². The Balaban J connectivity index is 2.04. The number of aromatic nitrogens is 1. The third-order valence-electron chi connectivity index (χ3n) is 2.47. The molecule has 0 radical (unpaired) electrons. The van der Waals surface area contributed by atoms with Crippen molar-refractivity contribution in [1.82, 2.24) is 9.88 Å². The van der Waals surface area contributed by atoms with Crippen LogP contribution in [0.25, 0.3) is 0 Å². The SMILES string of the molecule is COC(=O)c1nc2c(s1)CN(C(=O)OC(C)(C)C)C2. The molecule has 0 saturated carbocycles. The minimum absolute atomic E-state index is 0.330. The Morgan fingerprint density at radius 3 is 2.53 bits per heavy atom. The second-order valence-electron chi connectivity index (χ2n) is 5.22. The van der Waals surface area contributed by atoms with Crippen LogP contribution in [-0.4, -0.2) is 34.7 Å². The fraction of sp³-hybridized carbons (Fsp3) is 0.583. The van der Waals surface area contributed by atoms with Crippen LogP contribution in [-0.2, 0) is 22.6 Å². The van der Waals surface area contributed by atoms with Crippen molar-refractivity contribution in [2.45, 2.75) is 39.5 Å². The lowest BCUT2D eigenvalue weighted by Gasteiger charge is -2.24. The van der Waals surface area contributed by atoms with Gasteiger partial charge in [0.2, 0.25) is 5.01 Å². The molecule has 1 aromatic heterocycles. The van der Waals surface area contributed by atoms with Gasteiger partial charge in [-0.25, -0.2) is 14.6 Å². The number of hydrogen-bond acceptors (Lipinski definition) is 6. The Hall–Kier alpha value is -1.63. The van der Waals surface area contributed by atoms with Crippen molar-refractivity contribution in [3.05, 3.63) is 15.6 Å². The largest absolute Gasteiger partial charge is 0.464 e. The van der Waals surface area contributed by atoms with Crippen molar-refractivity contribution >= 4 is 23.4 Å². The molecule has 0 bridgehead atoms. The topological polar surface area (TPSA) is 68.7 Å². The normalized spacial score (nSPS) is 14.2. The number of esters is 1. The third kappa shape index (κ3) is 3.04. The van der Waals surface area contributed by atoms with Crippen LogP contribution in [0.5, 0.6) is 0 Å². The summed E-state index contributed by atoms with van der Waals surface area (Å²) in [6.45, 7) is 6.27. The van der Waals surface area contributed by atoms with Crippen LogP contribution in [0.4, 0.5) is 4.79 Å². The molecule has 7 heteroatoms. The number of rotatable bonds is 1. The van der Waals surface area contributed by atoms with E-state index in [-0.39, 0.29) is 6.09 Å². The zero-order chi connectivity index (χ0) is 14.2. The van der Waals surface area contributed by atoms with Crippen LogP contribution in [0.3, 0.4) is 0 Å². The number of carbonyl (C=O) groups excluding carboxylic acids is 2. The number of carbonyl (C=O) groups is 2. The molecule has 0 saturated heterocycles. The second-order valence-corrected chi connectivity index (χ2v) is 6.30. The summed E-state index contributed by atoms with van der Waals surface area (Å²) in [5.74, 6) is -0.441. The number of thiazole rings is 1. The van der Waals surface area contributed by atoms with Gasteiger partial charge in [0.15, 0.2) is 0 Å². The van der Waals surface area contributed by atoms with Gasteiger partial charge in [0.05, 0.1) is 25.9 Å². The van der Waals surface area contributed by atoms with E-state index < -0.39 is 11.6 Å². The highest BCUT2D eigenvalue weighted by molar-refractivity contribution is 7.13. The van der Waals surface area contributed by atoms with E-state index >= 15 is 0 Å². The van der Waals surface area contributed by atoms with Crippen LogP contribution in [0.1, 0.15) is 41.1 Å². The summed E-state index contributed by atoms with van der Waals surface area (Å²) in [4.78, 5) is 29.9. The Morgan fingerprint density at radius 1 is 1.32 bits per heavy atom. The highest BCUT2D eigenvalue weighted by atomic mass is 32.1. The molecule has 1 amide bonds. The molecule has 6 nitrogen and oxygen atoms in total. The fourth-order valence-electron chi connectivity index (χ4n) is 1.67. The van der Waals surface area contributed by atoms with Crippen LogP contribution < -0.4 is 0 Å². The van der Waals surface area contributed by atoms with Gasteiger partial charge in [-0.05, 0) is 20.8 Å². The minimum atomic E-state index is -0.516. The first-order valence-corrected chi connectivity index (χ1v) is 6.66. The summed E-state index contributed by atoms with van der Waals surface area (Å²) in [6.07, 6.45) is -0.364. The molecule has 104 valence electrons. The van der Waals surface area contributed by atoms with Crippen molar-refractivity contribution in [2.24, 2.45) is 0 Å². The molecule has 0 fully saturated rings. The number of ether oxygens (including phenoxy) is 2. The summed E-state index contributed by atoms with van der Waals surface area (Å²) in [5, 5.41) is 0.330. The van der Waals surface area contributed by atoms with Crippen LogP contribution >= 0.6 is 11.3 Å². The average Bonchev–Trinajstić information content (AvgIpc) is 2.82. The highest BCUT2D eigenvalue weighted by Crippen LogP contribution is 2.29. The summed E-state index contributed by atoms with van der Waals surface area (Å²) in [5.41, 5.74) is 0.230. The third-order valence-corrected chi connectivity index (χ3v) is 3.53. The van der Waals surface area contributed by atoms with E-state index in [0.717, 1.165) is 10.6 Å². The standard InChI is InChI=1S/C12H16N2O4S/c1-12(2,3)18-11(16)14-5-7-8(6-14)19-9(13-7)10(15)17-4/h5-6H2,1-4H3. The van der Waals surface area contributed by atoms with E-state index in [9.17, 15) is 9.59 Å². The first-order valence-electron chi connectivity index (χ1n) is 5.85. The smallest absolute Gasteiger partial charge is 0.410 e. The zero-order valence-electron chi connectivity index (χ0n) is 11.3. The maximum absolute atomic E-state index is 11.9. The molecular formula is C12H16N2O4S. The average molecular weight is 284 g/mol. The van der Waals surface area contributed by atoms with E-state index in [1.54, 1.807) is 4.90 Å². The van der Waals surface area contributed by atoms with E-state index in [1.165, 1.54) is 18.4 Å². The summed E-state index contributed by atoms with van der Waals surface area (Å²) >= 11 is 1.26. The predicted molar refractivity (Wildman–Crippen MR) is 68.9 cm³/mol. The van der Waals surface area contributed by atoms with E-state index in [4.69, 9.17) is 4.74 Å². The maximum Gasteiger partial charge on any atom is 0.410 e. The summed E-state index contributed by atoms with van der Waals surface area (Å²) in [7, 11) is 1.32. The molecule has 0 spiro atoms. The molecular weight excluding hydrogens is 268 g/mol. The Morgan fingerprint density at radius 2 is 2.00 bits per heavy atom. The van der Waals surface area contributed by atoms with Crippen molar-refractivity contribution in [1.29, 1.82) is 0 Å². The second kappa shape index (κ2) is 4.80. The van der Waals surface area contributed by atoms with Gasteiger partial charge in [-0.3, -0.25) is 4.90 Å². The lowest BCUT2D eigenvalue weighted by Crippen LogP contribution is -2.33. The van der Waals surface area contributed by atoms with Gasteiger partial charge in [0, 0.05) is 4.88 Å². The maximum atomic E-state index is 11.9. The number of amides is 1. The molecule has 0 unspecified atom stereocenters. The van der Waals surface area contributed by atoms with E-state index in [2.05, 4.69) is 9.72 Å². The molecule has 2 heterocycles. The van der Waals surface area contributed by atoms with Crippen molar-refractivity contribution < 1.29 is 19.1 Å². The van der Waals surface area contributed by atoms with Gasteiger partial charge in [-0.1, -0.05) is 0 Å². The Bertz CT molecular complexity index is 495. The van der Waals surface area contributed by atoms with Gasteiger partial charge in [-0.15, -0.1) is 11.3 Å². The fourth-order valence-corrected chi connectivity index (χ4v) is 2.67. The molecule has 2 rings (SSSR count). The monoisotopic (exact) mass is 284 g/mol. The first-order chi connectivity index (χ1) is 8.80. The minimum Gasteiger partial charge on any atom is -0.464 e. The van der Waals surface area contributed by atoms with E-state index in [0.29, 0.717) is 18.1 Å². The zero-order valence-corrected chi connectivity index (χ0v) is 12.2. The number of methoxy groups -OCH3 is 1. The van der Waals surface area contributed by atoms with Crippen molar-refractivity contribution in [3.8, 4) is 0 Å². The van der Waals surface area contributed by atoms with Gasteiger partial charge in [0.1, 0.15) is 5.60 Å². The quantitative estimate of drug-likeness (QED) is 0.739. The van der Waals surface area contributed by atoms with Crippen LogP contribution in [0.2, 0.25) is 0 Å². The highest BCUT2D eigenvalue weighted by Gasteiger charge is 2.31. The summed E-state index contributed by atoms with van der Waals surface area (Å²) in [6, 6.07) is 0. The Kier molecular flexibility index (Phi) is 3.49. The van der Waals surface area contributed by atoms with Crippen LogP contribution in [0.15, 0.2) is 0 Å². The molecule has 0 aromatic carbocycles. The molecule has 1 aromatic rings. The Labute approximate surface area is 115 Å². The van der Waals surface area contributed by atoms with Gasteiger partial charge in [0.25, 0.3) is 0 Å². The lowest BCUT2D eigenvalue weighted by molar-refractivity contribution is 0.0241. The van der Waals surface area contributed by atoms with Crippen molar-refractivity contribution in [2.75, 3.05) is 7.11 Å². The van der Waals surface area contributed by atoms with Gasteiger partial charge in [-0.2, -0.15) is 0 Å². The number of nitrogens with zero attached hydrogens (tertiary/aromatic N) is 2. The molecule has 0 atom stereocenters. The van der Waals surface area contributed by atoms with Crippen molar-refractivity contribution in [3.63, 3.8) is 0 Å². The first kappa shape index (κ1) is 13.8. The molecule has 1 aliphatic rings. The predicted octanol–water partition coefficient (Wildman–Crippen LogP) is 2.18. The number of hydrogen-bond donors (Lipinski definition) is 0. The lowest BCUT2D eigenvalue weighted by atomic mass is 10.2. The van der Waals surface area contributed by atoms with Crippen LogP contribution in [0, 0.1) is 0 Å². The summed E-state index contributed by atoms with van der Waals surface area (Å²) < 4.78 is 9.91. The molecule has 0 aliphatic carbocycles. The molecule has 0 N–H and O–H groups in total.